The zero-order valence-corrected chi connectivity index (χ0v) is 10.4. The van der Waals surface area contributed by atoms with E-state index in [1.165, 1.54) is 12.5 Å². The molecule has 0 radical (unpaired) electrons. The summed E-state index contributed by atoms with van der Waals surface area (Å²) in [6.07, 6.45) is 0. The molecule has 0 fully saturated rings. The molecule has 5 heteroatoms. The highest BCUT2D eigenvalue weighted by molar-refractivity contribution is 7.98. The molecule has 0 bridgehead atoms. The van der Waals surface area contributed by atoms with Gasteiger partial charge in [0.1, 0.15) is 6.61 Å². The summed E-state index contributed by atoms with van der Waals surface area (Å²) in [5, 5.41) is 0. The van der Waals surface area contributed by atoms with E-state index in [0.717, 1.165) is 23.0 Å². The van der Waals surface area contributed by atoms with E-state index in [4.69, 9.17) is 14.2 Å². The summed E-state index contributed by atoms with van der Waals surface area (Å²) in [5.74, 6) is 3.06. The molecule has 0 saturated heterocycles. The summed E-state index contributed by atoms with van der Waals surface area (Å²) < 4.78 is 15.4. The van der Waals surface area contributed by atoms with Crippen molar-refractivity contribution >= 4 is 17.7 Å². The first-order valence-corrected chi connectivity index (χ1v) is 6.51. The van der Waals surface area contributed by atoms with E-state index in [-0.39, 0.29) is 5.97 Å². The molecule has 1 aliphatic heterocycles. The molecule has 0 atom stereocenters. The van der Waals surface area contributed by atoms with E-state index in [1.54, 1.807) is 11.8 Å². The Labute approximate surface area is 104 Å². The van der Waals surface area contributed by atoms with Gasteiger partial charge in [-0.1, -0.05) is 6.07 Å². The first-order chi connectivity index (χ1) is 8.25. The van der Waals surface area contributed by atoms with Gasteiger partial charge in [-0.25, -0.2) is 0 Å². The first kappa shape index (κ1) is 12.1. The molecule has 1 aromatic carbocycles. The first-order valence-electron chi connectivity index (χ1n) is 5.35. The lowest BCUT2D eigenvalue weighted by Gasteiger charge is -2.03. The molecule has 1 aromatic rings. The number of carbonyl (C=O) groups is 1. The van der Waals surface area contributed by atoms with Gasteiger partial charge in [0.25, 0.3) is 0 Å². The predicted octanol–water partition coefficient (Wildman–Crippen LogP) is 2.21. The third-order valence-electron chi connectivity index (χ3n) is 2.24. The third-order valence-corrected chi connectivity index (χ3v) is 3.23. The van der Waals surface area contributed by atoms with Gasteiger partial charge in [-0.15, -0.1) is 0 Å². The molecule has 0 unspecified atom stereocenters. The molecule has 2 rings (SSSR count). The van der Waals surface area contributed by atoms with E-state index in [1.807, 2.05) is 18.2 Å². The van der Waals surface area contributed by atoms with Gasteiger partial charge in [-0.3, -0.25) is 4.79 Å². The van der Waals surface area contributed by atoms with Crippen molar-refractivity contribution in [1.29, 1.82) is 0 Å². The summed E-state index contributed by atoms with van der Waals surface area (Å²) in [7, 11) is 0. The molecule has 1 heterocycles. The second-order valence-electron chi connectivity index (χ2n) is 3.58. The average molecular weight is 254 g/mol. The van der Waals surface area contributed by atoms with E-state index >= 15 is 0 Å². The Hall–Kier alpha value is -1.36. The van der Waals surface area contributed by atoms with Crippen LogP contribution in [0.1, 0.15) is 12.5 Å². The lowest BCUT2D eigenvalue weighted by molar-refractivity contribution is -0.140. The van der Waals surface area contributed by atoms with Gasteiger partial charge in [-0.05, 0) is 17.7 Å². The zero-order valence-electron chi connectivity index (χ0n) is 9.60. The molecule has 17 heavy (non-hydrogen) atoms. The van der Waals surface area contributed by atoms with E-state index in [0.29, 0.717) is 13.4 Å². The van der Waals surface area contributed by atoms with Gasteiger partial charge in [0.2, 0.25) is 6.79 Å². The maximum absolute atomic E-state index is 10.5. The molecule has 92 valence electrons. The molecule has 4 nitrogen and oxygen atoms in total. The van der Waals surface area contributed by atoms with Crippen LogP contribution in [-0.4, -0.2) is 25.1 Å². The number of fused-ring (bicyclic) bond motifs is 1. The summed E-state index contributed by atoms with van der Waals surface area (Å²) in [6, 6.07) is 5.93. The monoisotopic (exact) mass is 254 g/mol. The van der Waals surface area contributed by atoms with Gasteiger partial charge in [0.05, 0.1) is 0 Å². The fraction of sp³-hybridized carbons (Fsp3) is 0.417. The van der Waals surface area contributed by atoms with Gasteiger partial charge in [-0.2, -0.15) is 11.8 Å². The quantitative estimate of drug-likeness (QED) is 0.595. The van der Waals surface area contributed by atoms with Crippen molar-refractivity contribution in [1.82, 2.24) is 0 Å². The highest BCUT2D eigenvalue weighted by atomic mass is 32.2. The van der Waals surface area contributed by atoms with Crippen molar-refractivity contribution in [3.63, 3.8) is 0 Å². The molecule has 0 N–H and O–H groups in total. The lowest BCUT2D eigenvalue weighted by Crippen LogP contribution is -2.02. The number of esters is 1. The van der Waals surface area contributed by atoms with Crippen LogP contribution in [-0.2, 0) is 15.3 Å². The Balaban J connectivity index is 1.74. The van der Waals surface area contributed by atoms with E-state index < -0.39 is 0 Å². The van der Waals surface area contributed by atoms with Crippen LogP contribution < -0.4 is 9.47 Å². The number of ether oxygens (including phenoxy) is 3. The number of hydrogen-bond donors (Lipinski definition) is 0. The predicted molar refractivity (Wildman–Crippen MR) is 65.4 cm³/mol. The maximum atomic E-state index is 10.5. The van der Waals surface area contributed by atoms with Gasteiger partial charge >= 0.3 is 5.97 Å². The van der Waals surface area contributed by atoms with Crippen LogP contribution >= 0.6 is 11.8 Å². The standard InChI is InChI=1S/C12H14O4S/c1-9(13)14-4-5-17-7-10-2-3-11-12(6-10)16-8-15-11/h2-3,6H,4-5,7-8H2,1H3. The molecular weight excluding hydrogens is 240 g/mol. The van der Waals surface area contributed by atoms with E-state index in [2.05, 4.69) is 0 Å². The number of benzene rings is 1. The summed E-state index contributed by atoms with van der Waals surface area (Å²) >= 11 is 1.72. The van der Waals surface area contributed by atoms with Crippen molar-refractivity contribution in [3.05, 3.63) is 23.8 Å². The number of rotatable bonds is 5. The minimum atomic E-state index is -0.228. The van der Waals surface area contributed by atoms with Gasteiger partial charge in [0, 0.05) is 18.4 Å². The summed E-state index contributed by atoms with van der Waals surface area (Å²) in [6.45, 7) is 2.19. The highest BCUT2D eigenvalue weighted by Crippen LogP contribution is 2.33. The van der Waals surface area contributed by atoms with Crippen LogP contribution in [0.4, 0.5) is 0 Å². The lowest BCUT2D eigenvalue weighted by atomic mass is 10.2. The molecular formula is C12H14O4S. The van der Waals surface area contributed by atoms with Crippen LogP contribution in [0, 0.1) is 0 Å². The Morgan fingerprint density at radius 1 is 1.41 bits per heavy atom. The van der Waals surface area contributed by atoms with Gasteiger partial charge in [0.15, 0.2) is 11.5 Å². The average Bonchev–Trinajstić information content (AvgIpc) is 2.75. The van der Waals surface area contributed by atoms with Crippen molar-refractivity contribution < 1.29 is 19.0 Å². The van der Waals surface area contributed by atoms with Crippen LogP contribution in [0.3, 0.4) is 0 Å². The second-order valence-corrected chi connectivity index (χ2v) is 4.69. The fourth-order valence-electron chi connectivity index (χ4n) is 1.47. The number of hydrogen-bond acceptors (Lipinski definition) is 5. The minimum absolute atomic E-state index is 0.228. The molecule has 0 spiro atoms. The Morgan fingerprint density at radius 2 is 2.24 bits per heavy atom. The normalized spacial score (nSPS) is 12.5. The third kappa shape index (κ3) is 3.56. The summed E-state index contributed by atoms with van der Waals surface area (Å²) in [4.78, 5) is 10.5. The van der Waals surface area contributed by atoms with Gasteiger partial charge < -0.3 is 14.2 Å². The van der Waals surface area contributed by atoms with Crippen LogP contribution in [0.5, 0.6) is 11.5 Å². The molecule has 1 aliphatic rings. The zero-order chi connectivity index (χ0) is 12.1. The Bertz CT molecular complexity index is 405. The van der Waals surface area contributed by atoms with Crippen molar-refractivity contribution in [2.75, 3.05) is 19.2 Å². The Kier molecular flexibility index (Phi) is 4.14. The number of carbonyl (C=O) groups excluding carboxylic acids is 1. The highest BCUT2D eigenvalue weighted by Gasteiger charge is 2.12. The van der Waals surface area contributed by atoms with Crippen LogP contribution in [0.2, 0.25) is 0 Å². The topological polar surface area (TPSA) is 44.8 Å². The number of thioether (sulfide) groups is 1. The largest absolute Gasteiger partial charge is 0.465 e. The minimum Gasteiger partial charge on any atom is -0.465 e. The smallest absolute Gasteiger partial charge is 0.302 e. The molecule has 0 aliphatic carbocycles. The Morgan fingerprint density at radius 3 is 3.06 bits per heavy atom. The maximum Gasteiger partial charge on any atom is 0.302 e. The SMILES string of the molecule is CC(=O)OCCSCc1ccc2c(c1)OCO2. The molecule has 0 saturated carbocycles. The fourth-order valence-corrected chi connectivity index (χ4v) is 2.23. The van der Waals surface area contributed by atoms with Crippen LogP contribution in [0.15, 0.2) is 18.2 Å². The molecule has 0 aromatic heterocycles. The van der Waals surface area contributed by atoms with Crippen molar-refractivity contribution in [2.24, 2.45) is 0 Å². The van der Waals surface area contributed by atoms with Crippen molar-refractivity contribution in [3.8, 4) is 11.5 Å². The van der Waals surface area contributed by atoms with Crippen LogP contribution in [0.25, 0.3) is 0 Å². The second kappa shape index (κ2) is 5.82. The van der Waals surface area contributed by atoms with Crippen molar-refractivity contribution in [2.45, 2.75) is 12.7 Å². The summed E-state index contributed by atoms with van der Waals surface area (Å²) in [5.41, 5.74) is 1.18. The molecule has 0 amide bonds. The van der Waals surface area contributed by atoms with E-state index in [9.17, 15) is 4.79 Å².